The lowest BCUT2D eigenvalue weighted by Crippen LogP contribution is -2.14. The molecule has 1 N–H and O–H groups in total. The van der Waals surface area contributed by atoms with E-state index in [1.54, 1.807) is 0 Å². The van der Waals surface area contributed by atoms with E-state index >= 15 is 0 Å². The molecule has 1 aliphatic carbocycles. The molecular weight excluding hydrogens is 199 g/mol. The van der Waals surface area contributed by atoms with Gasteiger partial charge >= 0.3 is 0 Å². The van der Waals surface area contributed by atoms with Crippen molar-refractivity contribution < 1.29 is 0 Å². The summed E-state index contributed by atoms with van der Waals surface area (Å²) in [6, 6.07) is 2.08. The van der Waals surface area contributed by atoms with E-state index in [0.717, 1.165) is 23.1 Å². The van der Waals surface area contributed by atoms with Crippen LogP contribution in [0.25, 0.3) is 0 Å². The van der Waals surface area contributed by atoms with Gasteiger partial charge in [-0.25, -0.2) is 0 Å². The van der Waals surface area contributed by atoms with Crippen LogP contribution in [0.3, 0.4) is 0 Å². The largest absolute Gasteiger partial charge is 0.383 e. The van der Waals surface area contributed by atoms with Gasteiger partial charge in [0.15, 0.2) is 16.3 Å². The second-order valence-corrected chi connectivity index (χ2v) is 4.36. The zero-order valence-electron chi connectivity index (χ0n) is 8.56. The molecule has 1 heterocycles. The number of aromatic nitrogens is 1. The normalized spacial score (nSPS) is 19.1. The van der Waals surface area contributed by atoms with E-state index in [-0.39, 0.29) is 0 Å². The summed E-state index contributed by atoms with van der Waals surface area (Å²) >= 11 is 2.65. The standard InChI is InChI=1S/C12H13N2.Al/c1-2-5-11(6-3-1)9-14-12-7-4-8-13-10-12;/h1-3,5,7-8,10-11,14H,6,9H2;. The summed E-state index contributed by atoms with van der Waals surface area (Å²) in [5.74, 6) is 0.600. The lowest BCUT2D eigenvalue weighted by molar-refractivity contribution is 0.692. The molecule has 0 fully saturated rings. The Kier molecular flexibility index (Phi) is 3.60. The van der Waals surface area contributed by atoms with Gasteiger partial charge < -0.3 is 5.32 Å². The number of pyridine rings is 1. The van der Waals surface area contributed by atoms with E-state index in [2.05, 4.69) is 57.0 Å². The maximum absolute atomic E-state index is 4.13. The number of hydrogen-bond acceptors (Lipinski definition) is 2. The fourth-order valence-electron chi connectivity index (χ4n) is 1.59. The monoisotopic (exact) mass is 212 g/mol. The van der Waals surface area contributed by atoms with Gasteiger partial charge in [0.1, 0.15) is 0 Å². The van der Waals surface area contributed by atoms with Crippen molar-refractivity contribution >= 4 is 26.4 Å². The van der Waals surface area contributed by atoms with Crippen LogP contribution in [0.2, 0.25) is 0 Å². The lowest BCUT2D eigenvalue weighted by Gasteiger charge is -2.14. The van der Waals surface area contributed by atoms with Crippen molar-refractivity contribution in [2.75, 3.05) is 11.9 Å². The third-order valence-electron chi connectivity index (χ3n) is 2.40. The number of anilines is 1. The molecule has 2 nitrogen and oxygen atoms in total. The lowest BCUT2D eigenvalue weighted by atomic mass is 10.0. The maximum atomic E-state index is 4.13. The first-order chi connectivity index (χ1) is 7.34. The first-order valence-corrected chi connectivity index (χ1v) is 5.70. The molecule has 0 saturated heterocycles. The van der Waals surface area contributed by atoms with Crippen molar-refractivity contribution in [2.24, 2.45) is 5.92 Å². The van der Waals surface area contributed by atoms with Crippen molar-refractivity contribution in [2.45, 2.75) is 6.42 Å². The van der Waals surface area contributed by atoms with E-state index in [9.17, 15) is 0 Å². The van der Waals surface area contributed by atoms with Crippen LogP contribution in [0.5, 0.6) is 0 Å². The van der Waals surface area contributed by atoms with Crippen LogP contribution < -0.4 is 9.74 Å². The van der Waals surface area contributed by atoms with Gasteiger partial charge in [-0.05, 0) is 12.3 Å². The Morgan fingerprint density at radius 1 is 1.40 bits per heavy atom. The van der Waals surface area contributed by atoms with Crippen molar-refractivity contribution in [3.63, 3.8) is 0 Å². The average Bonchev–Trinajstić information content (AvgIpc) is 2.28. The second kappa shape index (κ2) is 5.16. The summed E-state index contributed by atoms with van der Waals surface area (Å²) < 4.78 is 1.11. The maximum Gasteiger partial charge on any atom is 0.178 e. The zero-order valence-corrected chi connectivity index (χ0v) is 9.71. The molecule has 1 aromatic heterocycles. The quantitative estimate of drug-likeness (QED) is 0.766. The van der Waals surface area contributed by atoms with Crippen LogP contribution in [-0.2, 0) is 0 Å². The molecule has 0 saturated carbocycles. The molecule has 2 rings (SSSR count). The van der Waals surface area contributed by atoms with Crippen molar-refractivity contribution in [3.8, 4) is 0 Å². The van der Waals surface area contributed by atoms with Crippen LogP contribution in [0, 0.1) is 5.92 Å². The Bertz CT molecular complexity index is 385. The molecule has 15 heavy (non-hydrogen) atoms. The first kappa shape index (κ1) is 10.5. The molecule has 74 valence electrons. The molecule has 0 amide bonds. The van der Waals surface area contributed by atoms with Gasteiger partial charge in [0, 0.05) is 18.9 Å². The Morgan fingerprint density at radius 2 is 2.33 bits per heavy atom. The predicted molar refractivity (Wildman–Crippen MR) is 64.5 cm³/mol. The minimum atomic E-state index is 0.600. The smallest absolute Gasteiger partial charge is 0.178 e. The molecule has 1 atom stereocenters. The van der Waals surface area contributed by atoms with Crippen molar-refractivity contribution in [1.29, 1.82) is 0 Å². The molecule has 0 aliphatic heterocycles. The van der Waals surface area contributed by atoms with Crippen LogP contribution in [-0.4, -0.2) is 27.8 Å². The van der Waals surface area contributed by atoms with Crippen LogP contribution in [0.1, 0.15) is 6.42 Å². The highest BCUT2D eigenvalue weighted by Crippen LogP contribution is 2.12. The minimum absolute atomic E-state index is 0.600. The molecule has 2 radical (unpaired) electrons. The topological polar surface area (TPSA) is 24.9 Å². The van der Waals surface area contributed by atoms with Gasteiger partial charge in [0.05, 0.1) is 5.69 Å². The van der Waals surface area contributed by atoms with Gasteiger partial charge in [-0.15, -0.1) is 4.43 Å². The van der Waals surface area contributed by atoms with E-state index in [1.165, 1.54) is 0 Å². The Morgan fingerprint density at radius 3 is 3.07 bits per heavy atom. The first-order valence-electron chi connectivity index (χ1n) is 5.12. The van der Waals surface area contributed by atoms with E-state index < -0.39 is 0 Å². The van der Waals surface area contributed by atoms with E-state index in [0.29, 0.717) is 5.92 Å². The molecular formula is C12H13AlN2. The van der Waals surface area contributed by atoms with Crippen molar-refractivity contribution in [1.82, 2.24) is 4.98 Å². The van der Waals surface area contributed by atoms with Gasteiger partial charge in [-0.1, -0.05) is 30.4 Å². The highest BCUT2D eigenvalue weighted by atomic mass is 27.0. The molecule has 1 aliphatic rings. The molecule has 0 bridgehead atoms. The molecule has 0 aromatic carbocycles. The number of hydrogen-bond donors (Lipinski definition) is 1. The molecule has 3 heteroatoms. The van der Waals surface area contributed by atoms with Gasteiger partial charge in [-0.3, -0.25) is 4.98 Å². The Hall–Kier alpha value is -1.04. The van der Waals surface area contributed by atoms with Gasteiger partial charge in [0.25, 0.3) is 0 Å². The number of nitrogens with one attached hydrogen (secondary N) is 1. The number of nitrogens with zero attached hydrogens (tertiary/aromatic N) is 1. The van der Waals surface area contributed by atoms with Gasteiger partial charge in [0.2, 0.25) is 0 Å². The zero-order chi connectivity index (χ0) is 10.5. The van der Waals surface area contributed by atoms with Crippen LogP contribution in [0.15, 0.2) is 42.8 Å². The predicted octanol–water partition coefficient (Wildman–Crippen LogP) is 1.42. The summed E-state index contributed by atoms with van der Waals surface area (Å²) in [4.78, 5) is 4.13. The fourth-order valence-corrected chi connectivity index (χ4v) is 1.85. The van der Waals surface area contributed by atoms with Crippen molar-refractivity contribution in [3.05, 3.63) is 42.8 Å². The molecule has 1 unspecified atom stereocenters. The molecule has 0 spiro atoms. The number of rotatable bonds is 3. The fraction of sp³-hybridized carbons (Fsp3) is 0.250. The highest BCUT2D eigenvalue weighted by Gasteiger charge is 2.04. The highest BCUT2D eigenvalue weighted by molar-refractivity contribution is 6.32. The summed E-state index contributed by atoms with van der Waals surface area (Å²) in [5, 5.41) is 3.39. The van der Waals surface area contributed by atoms with E-state index in [1.807, 2.05) is 12.4 Å². The summed E-state index contributed by atoms with van der Waals surface area (Å²) in [6.45, 7) is 0.969. The Balaban J connectivity index is 1.88. The van der Waals surface area contributed by atoms with Crippen LogP contribution >= 0.6 is 0 Å². The summed E-state index contributed by atoms with van der Waals surface area (Å²) in [7, 11) is 0. The minimum Gasteiger partial charge on any atom is -0.383 e. The summed E-state index contributed by atoms with van der Waals surface area (Å²) in [5.41, 5.74) is 1.09. The van der Waals surface area contributed by atoms with Gasteiger partial charge in [-0.2, -0.15) is 0 Å². The Labute approximate surface area is 98.5 Å². The average molecular weight is 212 g/mol. The van der Waals surface area contributed by atoms with E-state index in [4.69, 9.17) is 0 Å². The molecule has 1 aromatic rings. The summed E-state index contributed by atoms with van der Waals surface area (Å²) in [6.07, 6.45) is 13.5. The third-order valence-corrected chi connectivity index (χ3v) is 2.71. The SMILES string of the molecule is [Al][c]1cncc(NCC2C=CC=CC2)c1. The third kappa shape index (κ3) is 3.23. The van der Waals surface area contributed by atoms with Crippen LogP contribution in [0.4, 0.5) is 5.69 Å². The number of allylic oxidation sites excluding steroid dienone is 3. The second-order valence-electron chi connectivity index (χ2n) is 3.70.